The van der Waals surface area contributed by atoms with Gasteiger partial charge in [0.2, 0.25) is 5.91 Å². The summed E-state index contributed by atoms with van der Waals surface area (Å²) in [7, 11) is 2.07. The largest absolute Gasteiger partial charge is 0.348 e. The molecule has 0 aliphatic carbocycles. The first-order chi connectivity index (χ1) is 14.8. The number of halogens is 1. The monoisotopic (exact) mass is 441 g/mol. The molecule has 2 aliphatic heterocycles. The summed E-state index contributed by atoms with van der Waals surface area (Å²) in [6, 6.07) is 13.7. The van der Waals surface area contributed by atoms with Crippen LogP contribution in [0.4, 0.5) is 5.69 Å². The van der Waals surface area contributed by atoms with E-state index in [4.69, 9.17) is 11.6 Å². The maximum Gasteiger partial charge on any atom is 0.269 e. The third-order valence-corrected chi connectivity index (χ3v) is 6.94. The Morgan fingerprint density at radius 3 is 2.45 bits per heavy atom. The molecule has 2 heterocycles. The molecule has 31 heavy (non-hydrogen) atoms. The number of nitro benzene ring substituents is 1. The summed E-state index contributed by atoms with van der Waals surface area (Å²) in [4.78, 5) is 38.3. The molecule has 1 N–H and O–H groups in total. The molecule has 2 aromatic rings. The lowest BCUT2D eigenvalue weighted by atomic mass is 9.75. The molecule has 162 valence electrons. The summed E-state index contributed by atoms with van der Waals surface area (Å²) in [5, 5.41) is 14.3. The molecule has 7 nitrogen and oxygen atoms in total. The molecular formula is C23H24ClN3O4. The average Bonchev–Trinajstić information content (AvgIpc) is 2.99. The third kappa shape index (κ3) is 4.34. The van der Waals surface area contributed by atoms with Crippen LogP contribution in [-0.4, -0.2) is 47.2 Å². The van der Waals surface area contributed by atoms with Crippen LogP contribution in [-0.2, 0) is 4.79 Å². The molecule has 2 bridgehead atoms. The third-order valence-electron chi connectivity index (χ3n) is 6.69. The zero-order chi connectivity index (χ0) is 22.1. The number of ketones is 1. The van der Waals surface area contributed by atoms with Gasteiger partial charge in [0.15, 0.2) is 5.78 Å². The summed E-state index contributed by atoms with van der Waals surface area (Å²) >= 11 is 6.05. The van der Waals surface area contributed by atoms with Crippen molar-refractivity contribution in [2.45, 2.75) is 37.3 Å². The number of piperidine rings is 1. The Labute approximate surface area is 185 Å². The van der Waals surface area contributed by atoms with E-state index in [0.29, 0.717) is 16.6 Å². The van der Waals surface area contributed by atoms with Crippen LogP contribution in [0.5, 0.6) is 0 Å². The second-order valence-electron chi connectivity index (χ2n) is 8.33. The standard InChI is InChI=1S/C23H24ClN3O4/c1-26-18-10-11-20(26)22(19(12-18)14-2-6-16(24)7-3-14)23(29)25-13-21(28)15-4-8-17(9-5-15)27(30)31/h2-9,18-20,22H,10-13H2,1H3,(H,25,29)/t18-,19+,20+,22-/m0/s1. The molecule has 0 aromatic heterocycles. The van der Waals surface area contributed by atoms with Gasteiger partial charge in [0.1, 0.15) is 0 Å². The number of rotatable bonds is 6. The Balaban J connectivity index is 1.48. The van der Waals surface area contributed by atoms with Gasteiger partial charge in [-0.15, -0.1) is 0 Å². The van der Waals surface area contributed by atoms with Gasteiger partial charge in [0.25, 0.3) is 5.69 Å². The maximum atomic E-state index is 13.3. The fraction of sp³-hybridized carbons (Fsp3) is 0.391. The van der Waals surface area contributed by atoms with E-state index >= 15 is 0 Å². The average molecular weight is 442 g/mol. The molecule has 2 aliphatic rings. The summed E-state index contributed by atoms with van der Waals surface area (Å²) in [6.45, 7) is -0.139. The highest BCUT2D eigenvalue weighted by atomic mass is 35.5. The van der Waals surface area contributed by atoms with E-state index in [1.165, 1.54) is 24.3 Å². The van der Waals surface area contributed by atoms with E-state index in [0.717, 1.165) is 24.8 Å². The quantitative estimate of drug-likeness (QED) is 0.418. The van der Waals surface area contributed by atoms with Gasteiger partial charge in [0, 0.05) is 34.8 Å². The van der Waals surface area contributed by atoms with E-state index < -0.39 is 4.92 Å². The number of non-ortho nitro benzene ring substituents is 1. The number of carbonyl (C=O) groups is 2. The zero-order valence-electron chi connectivity index (χ0n) is 17.2. The van der Waals surface area contributed by atoms with E-state index in [1.807, 2.05) is 24.3 Å². The fourth-order valence-electron chi connectivity index (χ4n) is 5.03. The summed E-state index contributed by atoms with van der Waals surface area (Å²) < 4.78 is 0. The number of carbonyl (C=O) groups excluding carboxylic acids is 2. The molecule has 0 unspecified atom stereocenters. The SMILES string of the molecule is CN1[C@H]2CC[C@@H]1[C@@H](C(=O)NCC(=O)c1ccc([N+](=O)[O-])cc1)[C@@H](c1ccc(Cl)cc1)C2. The normalized spacial score (nSPS) is 25.2. The first-order valence-corrected chi connectivity index (χ1v) is 10.8. The predicted octanol–water partition coefficient (Wildman–Crippen LogP) is 3.81. The number of amides is 1. The van der Waals surface area contributed by atoms with Crippen molar-refractivity contribution in [2.75, 3.05) is 13.6 Å². The lowest BCUT2D eigenvalue weighted by Crippen LogP contribution is -2.52. The topological polar surface area (TPSA) is 92.6 Å². The summed E-state index contributed by atoms with van der Waals surface area (Å²) in [5.41, 5.74) is 1.35. The molecule has 0 saturated carbocycles. The highest BCUT2D eigenvalue weighted by Crippen LogP contribution is 2.46. The summed E-state index contributed by atoms with van der Waals surface area (Å²) in [6.07, 6.45) is 2.92. The Kier molecular flexibility index (Phi) is 6.07. The van der Waals surface area contributed by atoms with Crippen molar-refractivity contribution in [1.29, 1.82) is 0 Å². The molecule has 1 amide bonds. The van der Waals surface area contributed by atoms with Crippen LogP contribution in [0.1, 0.15) is 41.1 Å². The molecular weight excluding hydrogens is 418 g/mol. The van der Waals surface area contributed by atoms with Crippen LogP contribution in [0.25, 0.3) is 0 Å². The van der Waals surface area contributed by atoms with E-state index in [1.54, 1.807) is 0 Å². The van der Waals surface area contributed by atoms with Gasteiger partial charge in [0.05, 0.1) is 17.4 Å². The van der Waals surface area contributed by atoms with Gasteiger partial charge in [-0.25, -0.2) is 0 Å². The van der Waals surface area contributed by atoms with Crippen LogP contribution < -0.4 is 5.32 Å². The number of fused-ring (bicyclic) bond motifs is 2. The minimum absolute atomic E-state index is 0.0699. The van der Waals surface area contributed by atoms with Crippen molar-refractivity contribution in [1.82, 2.24) is 10.2 Å². The molecule has 2 saturated heterocycles. The Bertz CT molecular complexity index is 993. The van der Waals surface area contributed by atoms with Crippen molar-refractivity contribution in [3.63, 3.8) is 0 Å². The van der Waals surface area contributed by atoms with Crippen LogP contribution in [0, 0.1) is 16.0 Å². The van der Waals surface area contributed by atoms with Gasteiger partial charge < -0.3 is 5.32 Å². The van der Waals surface area contributed by atoms with Crippen LogP contribution in [0.3, 0.4) is 0 Å². The molecule has 4 atom stereocenters. The number of nitro groups is 1. The minimum Gasteiger partial charge on any atom is -0.348 e. The van der Waals surface area contributed by atoms with Crippen molar-refractivity contribution in [2.24, 2.45) is 5.92 Å². The number of Topliss-reactive ketones (excluding diaryl/α,β-unsaturated/α-hetero) is 1. The van der Waals surface area contributed by atoms with E-state index in [-0.39, 0.29) is 41.8 Å². The Morgan fingerprint density at radius 2 is 1.81 bits per heavy atom. The molecule has 0 radical (unpaired) electrons. The first-order valence-electron chi connectivity index (χ1n) is 10.4. The van der Waals surface area contributed by atoms with Crippen molar-refractivity contribution >= 4 is 29.0 Å². The van der Waals surface area contributed by atoms with Crippen LogP contribution in [0.15, 0.2) is 48.5 Å². The Morgan fingerprint density at radius 1 is 1.13 bits per heavy atom. The number of hydrogen-bond donors (Lipinski definition) is 1. The van der Waals surface area contributed by atoms with E-state index in [9.17, 15) is 19.7 Å². The highest BCUT2D eigenvalue weighted by Gasteiger charge is 2.48. The number of hydrogen-bond acceptors (Lipinski definition) is 5. The molecule has 8 heteroatoms. The first kappa shape index (κ1) is 21.5. The smallest absolute Gasteiger partial charge is 0.269 e. The van der Waals surface area contributed by atoms with Gasteiger partial charge in [-0.2, -0.15) is 0 Å². The van der Waals surface area contributed by atoms with Crippen molar-refractivity contribution in [3.8, 4) is 0 Å². The van der Waals surface area contributed by atoms with Gasteiger partial charge in [-0.1, -0.05) is 23.7 Å². The molecule has 0 spiro atoms. The van der Waals surface area contributed by atoms with Gasteiger partial charge in [-0.3, -0.25) is 24.6 Å². The number of nitrogens with one attached hydrogen (secondary N) is 1. The van der Waals surface area contributed by atoms with Gasteiger partial charge in [-0.05, 0) is 62.1 Å². The molecule has 4 rings (SSSR count). The fourth-order valence-corrected chi connectivity index (χ4v) is 5.16. The predicted molar refractivity (Wildman–Crippen MR) is 117 cm³/mol. The lowest BCUT2D eigenvalue weighted by Gasteiger charge is -2.42. The van der Waals surface area contributed by atoms with Crippen molar-refractivity contribution < 1.29 is 14.5 Å². The second kappa shape index (κ2) is 8.77. The van der Waals surface area contributed by atoms with Gasteiger partial charge >= 0.3 is 0 Å². The van der Waals surface area contributed by atoms with E-state index in [2.05, 4.69) is 17.3 Å². The highest BCUT2D eigenvalue weighted by molar-refractivity contribution is 6.30. The minimum atomic E-state index is -0.513. The molecule has 2 aromatic carbocycles. The number of benzene rings is 2. The zero-order valence-corrected chi connectivity index (χ0v) is 17.9. The maximum absolute atomic E-state index is 13.3. The second-order valence-corrected chi connectivity index (χ2v) is 8.76. The molecule has 2 fully saturated rings. The summed E-state index contributed by atoms with van der Waals surface area (Å²) in [5.74, 6) is -0.595. The van der Waals surface area contributed by atoms with Crippen LogP contribution in [0.2, 0.25) is 5.02 Å². The number of nitrogens with zero attached hydrogens (tertiary/aromatic N) is 2. The van der Waals surface area contributed by atoms with Crippen LogP contribution >= 0.6 is 11.6 Å². The lowest BCUT2D eigenvalue weighted by molar-refractivity contribution is -0.384. The Hall–Kier alpha value is -2.77. The van der Waals surface area contributed by atoms with Crippen molar-refractivity contribution in [3.05, 3.63) is 74.8 Å².